The fourth-order valence-electron chi connectivity index (χ4n) is 2.18. The fourth-order valence-corrected chi connectivity index (χ4v) is 2.18. The second kappa shape index (κ2) is 6.24. The molecule has 104 valence electrons. The van der Waals surface area contributed by atoms with Crippen LogP contribution in [0.1, 0.15) is 17.0 Å². The Bertz CT molecular complexity index is 590. The Morgan fingerprint density at radius 3 is 2.10 bits per heavy atom. The molecule has 3 heteroatoms. The number of methoxy groups -OCH3 is 2. The summed E-state index contributed by atoms with van der Waals surface area (Å²) in [7, 11) is 3.20. The lowest BCUT2D eigenvalue weighted by Crippen LogP contribution is -1.99. The molecule has 0 radical (unpaired) electrons. The van der Waals surface area contributed by atoms with E-state index in [0.717, 1.165) is 11.1 Å². The van der Waals surface area contributed by atoms with Crippen molar-refractivity contribution < 1.29 is 13.9 Å². The van der Waals surface area contributed by atoms with Gasteiger partial charge in [-0.2, -0.15) is 0 Å². The quantitative estimate of drug-likeness (QED) is 0.761. The van der Waals surface area contributed by atoms with Gasteiger partial charge in [0.15, 0.2) is 11.5 Å². The Morgan fingerprint density at radius 2 is 1.55 bits per heavy atom. The fraction of sp³-hybridized carbons (Fsp3) is 0.176. The lowest BCUT2D eigenvalue weighted by atomic mass is 9.91. The van der Waals surface area contributed by atoms with Gasteiger partial charge in [-0.05, 0) is 35.4 Å². The van der Waals surface area contributed by atoms with Crippen molar-refractivity contribution in [1.82, 2.24) is 0 Å². The smallest absolute Gasteiger partial charge is 0.161 e. The third kappa shape index (κ3) is 2.82. The van der Waals surface area contributed by atoms with E-state index in [0.29, 0.717) is 11.5 Å². The van der Waals surface area contributed by atoms with E-state index in [4.69, 9.17) is 9.47 Å². The molecule has 1 unspecified atom stereocenters. The maximum atomic E-state index is 13.0. The van der Waals surface area contributed by atoms with Crippen LogP contribution in [0.3, 0.4) is 0 Å². The number of rotatable bonds is 5. The standard InChI is InChI=1S/C17H17FO2/c1-4-15(12-5-8-14(18)9-6-12)13-7-10-16(19-2)17(11-13)20-3/h4-11,15H,1H2,2-3H3. The van der Waals surface area contributed by atoms with Gasteiger partial charge in [0.05, 0.1) is 14.2 Å². The van der Waals surface area contributed by atoms with Crippen LogP contribution in [0.4, 0.5) is 4.39 Å². The minimum atomic E-state index is -0.246. The molecule has 0 aliphatic heterocycles. The highest BCUT2D eigenvalue weighted by Gasteiger charge is 2.13. The van der Waals surface area contributed by atoms with Crippen LogP contribution in [-0.2, 0) is 0 Å². The molecule has 0 aliphatic rings. The zero-order chi connectivity index (χ0) is 14.5. The molecule has 0 aliphatic carbocycles. The first-order chi connectivity index (χ1) is 9.69. The van der Waals surface area contributed by atoms with Crippen molar-refractivity contribution in [3.05, 3.63) is 72.1 Å². The average molecular weight is 272 g/mol. The van der Waals surface area contributed by atoms with Crippen LogP contribution >= 0.6 is 0 Å². The summed E-state index contributed by atoms with van der Waals surface area (Å²) in [4.78, 5) is 0. The number of benzene rings is 2. The van der Waals surface area contributed by atoms with Crippen LogP contribution in [-0.4, -0.2) is 14.2 Å². The van der Waals surface area contributed by atoms with Crippen molar-refractivity contribution in [2.45, 2.75) is 5.92 Å². The second-order valence-corrected chi connectivity index (χ2v) is 4.38. The van der Waals surface area contributed by atoms with Gasteiger partial charge in [-0.25, -0.2) is 4.39 Å². The first-order valence-electron chi connectivity index (χ1n) is 6.29. The zero-order valence-electron chi connectivity index (χ0n) is 11.6. The van der Waals surface area contributed by atoms with E-state index in [1.165, 1.54) is 12.1 Å². The van der Waals surface area contributed by atoms with Gasteiger partial charge in [0.2, 0.25) is 0 Å². The largest absolute Gasteiger partial charge is 0.493 e. The van der Waals surface area contributed by atoms with Gasteiger partial charge in [-0.15, -0.1) is 6.58 Å². The Kier molecular flexibility index (Phi) is 4.41. The molecule has 2 nitrogen and oxygen atoms in total. The summed E-state index contributed by atoms with van der Waals surface area (Å²) in [6, 6.07) is 12.1. The van der Waals surface area contributed by atoms with Crippen LogP contribution in [0.5, 0.6) is 11.5 Å². The molecule has 2 aromatic rings. The lowest BCUT2D eigenvalue weighted by Gasteiger charge is -2.16. The van der Waals surface area contributed by atoms with Crippen LogP contribution in [0.15, 0.2) is 55.1 Å². The normalized spacial score (nSPS) is 11.8. The average Bonchev–Trinajstić information content (AvgIpc) is 2.49. The van der Waals surface area contributed by atoms with Crippen molar-refractivity contribution >= 4 is 0 Å². The Morgan fingerprint density at radius 1 is 0.950 bits per heavy atom. The molecule has 0 spiro atoms. The third-order valence-corrected chi connectivity index (χ3v) is 3.23. The molecule has 2 aromatic carbocycles. The van der Waals surface area contributed by atoms with Gasteiger partial charge in [-0.3, -0.25) is 0 Å². The molecular weight excluding hydrogens is 255 g/mol. The van der Waals surface area contributed by atoms with E-state index >= 15 is 0 Å². The molecule has 0 N–H and O–H groups in total. The SMILES string of the molecule is C=CC(c1ccc(F)cc1)c1ccc(OC)c(OC)c1. The van der Waals surface area contributed by atoms with Crippen molar-refractivity contribution in [3.63, 3.8) is 0 Å². The summed E-state index contributed by atoms with van der Waals surface area (Å²) >= 11 is 0. The van der Waals surface area contributed by atoms with Crippen molar-refractivity contribution in [2.75, 3.05) is 14.2 Å². The number of allylic oxidation sites excluding steroid dienone is 1. The maximum absolute atomic E-state index is 13.0. The van der Waals surface area contributed by atoms with Crippen LogP contribution in [0, 0.1) is 5.82 Å². The van der Waals surface area contributed by atoms with E-state index in [1.54, 1.807) is 26.4 Å². The molecule has 0 aromatic heterocycles. The van der Waals surface area contributed by atoms with Crippen LogP contribution in [0.2, 0.25) is 0 Å². The van der Waals surface area contributed by atoms with Gasteiger partial charge in [0, 0.05) is 5.92 Å². The highest BCUT2D eigenvalue weighted by atomic mass is 19.1. The molecule has 1 atom stereocenters. The van der Waals surface area contributed by atoms with E-state index in [1.807, 2.05) is 24.3 Å². The first-order valence-corrected chi connectivity index (χ1v) is 6.29. The van der Waals surface area contributed by atoms with E-state index < -0.39 is 0 Å². The second-order valence-electron chi connectivity index (χ2n) is 4.38. The summed E-state index contributed by atoms with van der Waals surface area (Å²) in [6.07, 6.45) is 1.83. The number of halogens is 1. The van der Waals surface area contributed by atoms with Crippen LogP contribution in [0.25, 0.3) is 0 Å². The minimum absolute atomic E-state index is 0.0181. The molecule has 0 bridgehead atoms. The first kappa shape index (κ1) is 14.1. The van der Waals surface area contributed by atoms with Gasteiger partial charge in [-0.1, -0.05) is 24.3 Å². The molecule has 0 heterocycles. The van der Waals surface area contributed by atoms with Gasteiger partial charge in [0.25, 0.3) is 0 Å². The lowest BCUT2D eigenvalue weighted by molar-refractivity contribution is 0.354. The Balaban J connectivity index is 2.41. The van der Waals surface area contributed by atoms with E-state index in [-0.39, 0.29) is 11.7 Å². The number of ether oxygens (including phenoxy) is 2. The van der Waals surface area contributed by atoms with Gasteiger partial charge < -0.3 is 9.47 Å². The molecule has 0 amide bonds. The predicted molar refractivity (Wildman–Crippen MR) is 78.0 cm³/mol. The van der Waals surface area contributed by atoms with Crippen molar-refractivity contribution in [2.24, 2.45) is 0 Å². The summed E-state index contributed by atoms with van der Waals surface area (Å²) in [5.41, 5.74) is 2.00. The minimum Gasteiger partial charge on any atom is -0.493 e. The van der Waals surface area contributed by atoms with E-state index in [2.05, 4.69) is 6.58 Å². The third-order valence-electron chi connectivity index (χ3n) is 3.23. The molecule has 0 saturated heterocycles. The number of hydrogen-bond donors (Lipinski definition) is 0. The molecule has 20 heavy (non-hydrogen) atoms. The van der Waals surface area contributed by atoms with Crippen molar-refractivity contribution in [3.8, 4) is 11.5 Å². The summed E-state index contributed by atoms with van der Waals surface area (Å²) in [5, 5.41) is 0. The van der Waals surface area contributed by atoms with Crippen LogP contribution < -0.4 is 9.47 Å². The topological polar surface area (TPSA) is 18.5 Å². The van der Waals surface area contributed by atoms with Crippen molar-refractivity contribution in [1.29, 1.82) is 0 Å². The molecular formula is C17H17FO2. The van der Waals surface area contributed by atoms with Gasteiger partial charge in [0.1, 0.15) is 5.82 Å². The molecule has 2 rings (SSSR count). The highest BCUT2D eigenvalue weighted by Crippen LogP contribution is 2.33. The molecule has 0 fully saturated rings. The Labute approximate surface area is 118 Å². The molecule has 0 saturated carbocycles. The summed E-state index contributed by atoms with van der Waals surface area (Å²) in [5.74, 6) is 1.08. The summed E-state index contributed by atoms with van der Waals surface area (Å²) < 4.78 is 23.5. The monoisotopic (exact) mass is 272 g/mol. The zero-order valence-corrected chi connectivity index (χ0v) is 11.6. The summed E-state index contributed by atoms with van der Waals surface area (Å²) in [6.45, 7) is 3.87. The van der Waals surface area contributed by atoms with Gasteiger partial charge >= 0.3 is 0 Å². The van der Waals surface area contributed by atoms with E-state index in [9.17, 15) is 4.39 Å². The predicted octanol–water partition coefficient (Wildman–Crippen LogP) is 4.16. The maximum Gasteiger partial charge on any atom is 0.161 e. The highest BCUT2D eigenvalue weighted by molar-refractivity contribution is 5.47. The Hall–Kier alpha value is -2.29. The number of hydrogen-bond acceptors (Lipinski definition) is 2.